The molecule has 3 N–H and O–H groups in total. The molecule has 1 aromatic rings. The first kappa shape index (κ1) is 12.8. The van der Waals surface area contributed by atoms with Crippen molar-refractivity contribution < 1.29 is 9.53 Å². The zero-order valence-electron chi connectivity index (χ0n) is 10.6. The van der Waals surface area contributed by atoms with Gasteiger partial charge in [-0.1, -0.05) is 11.6 Å². The van der Waals surface area contributed by atoms with E-state index in [9.17, 15) is 4.79 Å². The second-order valence-electron chi connectivity index (χ2n) is 5.28. The van der Waals surface area contributed by atoms with Gasteiger partial charge in [0.05, 0.1) is 22.9 Å². The van der Waals surface area contributed by atoms with Crippen LogP contribution in [-0.4, -0.2) is 24.7 Å². The van der Waals surface area contributed by atoms with Gasteiger partial charge in [-0.25, -0.2) is 0 Å². The Morgan fingerprint density at radius 1 is 1.37 bits per heavy atom. The topological polar surface area (TPSA) is 64.4 Å². The molecule has 2 fully saturated rings. The molecule has 2 unspecified atom stereocenters. The van der Waals surface area contributed by atoms with Gasteiger partial charge in [-0.2, -0.15) is 0 Å². The van der Waals surface area contributed by atoms with E-state index in [0.717, 1.165) is 13.0 Å². The van der Waals surface area contributed by atoms with Gasteiger partial charge in [-0.3, -0.25) is 4.79 Å². The van der Waals surface area contributed by atoms with Gasteiger partial charge in [0.25, 0.3) is 5.91 Å². The van der Waals surface area contributed by atoms with Gasteiger partial charge >= 0.3 is 0 Å². The molecule has 0 bridgehead atoms. The summed E-state index contributed by atoms with van der Waals surface area (Å²) in [5, 5.41) is 3.46. The van der Waals surface area contributed by atoms with E-state index in [2.05, 4.69) is 5.32 Å². The molecular weight excluding hydrogens is 264 g/mol. The summed E-state index contributed by atoms with van der Waals surface area (Å²) in [6.07, 6.45) is 3.50. The molecule has 2 aliphatic rings. The van der Waals surface area contributed by atoms with E-state index in [0.29, 0.717) is 22.2 Å². The molecule has 1 saturated carbocycles. The summed E-state index contributed by atoms with van der Waals surface area (Å²) in [7, 11) is 0. The Morgan fingerprint density at radius 3 is 2.84 bits per heavy atom. The summed E-state index contributed by atoms with van der Waals surface area (Å²) in [4.78, 5) is 12.2. The monoisotopic (exact) mass is 280 g/mol. The number of amides is 1. The minimum Gasteiger partial charge on any atom is -0.398 e. The van der Waals surface area contributed by atoms with Crippen molar-refractivity contribution in [3.05, 3.63) is 28.8 Å². The number of rotatable bonds is 3. The largest absolute Gasteiger partial charge is 0.398 e. The maximum Gasteiger partial charge on any atom is 0.251 e. The number of benzene rings is 1. The smallest absolute Gasteiger partial charge is 0.251 e. The molecule has 1 heterocycles. The second-order valence-corrected chi connectivity index (χ2v) is 5.68. The first-order chi connectivity index (χ1) is 9.15. The maximum absolute atomic E-state index is 12.2. The summed E-state index contributed by atoms with van der Waals surface area (Å²) >= 11 is 5.93. The van der Waals surface area contributed by atoms with E-state index in [4.69, 9.17) is 22.1 Å². The van der Waals surface area contributed by atoms with Gasteiger partial charge in [0.15, 0.2) is 0 Å². The summed E-state index contributed by atoms with van der Waals surface area (Å²) in [5.74, 6) is 0.519. The van der Waals surface area contributed by atoms with Crippen LogP contribution in [0.15, 0.2) is 18.2 Å². The van der Waals surface area contributed by atoms with Crippen LogP contribution in [0.4, 0.5) is 5.69 Å². The highest BCUT2D eigenvalue weighted by Crippen LogP contribution is 2.38. The predicted molar refractivity (Wildman–Crippen MR) is 74.2 cm³/mol. The highest BCUT2D eigenvalue weighted by Gasteiger charge is 2.41. The third-order valence-electron chi connectivity index (χ3n) is 3.80. The van der Waals surface area contributed by atoms with Crippen LogP contribution in [-0.2, 0) is 4.74 Å². The molecule has 1 aromatic carbocycles. The molecule has 1 amide bonds. The lowest BCUT2D eigenvalue weighted by atomic mass is 10.1. The number of nitrogens with two attached hydrogens (primary N) is 1. The molecular formula is C14H17ClN2O2. The van der Waals surface area contributed by atoms with Crippen LogP contribution in [0.3, 0.4) is 0 Å². The molecule has 2 atom stereocenters. The van der Waals surface area contributed by atoms with Gasteiger partial charge in [0.1, 0.15) is 0 Å². The van der Waals surface area contributed by atoms with Crippen LogP contribution in [0.25, 0.3) is 0 Å². The fourth-order valence-electron chi connectivity index (χ4n) is 2.58. The van der Waals surface area contributed by atoms with Gasteiger partial charge in [0.2, 0.25) is 0 Å². The Bertz CT molecular complexity index is 502. The van der Waals surface area contributed by atoms with Crippen LogP contribution in [0.2, 0.25) is 5.02 Å². The second kappa shape index (κ2) is 5.02. The van der Waals surface area contributed by atoms with Crippen LogP contribution in [0, 0.1) is 5.92 Å². The van der Waals surface area contributed by atoms with E-state index < -0.39 is 0 Å². The number of anilines is 1. The Morgan fingerprint density at radius 2 is 2.16 bits per heavy atom. The first-order valence-corrected chi connectivity index (χ1v) is 7.00. The van der Waals surface area contributed by atoms with E-state index in [-0.39, 0.29) is 18.1 Å². The molecule has 0 radical (unpaired) electrons. The van der Waals surface area contributed by atoms with Crippen molar-refractivity contribution in [1.82, 2.24) is 5.32 Å². The van der Waals surface area contributed by atoms with Gasteiger partial charge in [0, 0.05) is 12.2 Å². The van der Waals surface area contributed by atoms with Crippen LogP contribution in [0.1, 0.15) is 29.6 Å². The number of ether oxygens (including phenoxy) is 1. The SMILES string of the molecule is Nc1ccc(C(=O)NC2CCOC2C2CC2)cc1Cl. The number of carbonyl (C=O) groups is 1. The summed E-state index contributed by atoms with van der Waals surface area (Å²) in [6.45, 7) is 0.731. The lowest BCUT2D eigenvalue weighted by Crippen LogP contribution is -2.41. The fraction of sp³-hybridized carbons (Fsp3) is 0.500. The normalized spacial score (nSPS) is 26.4. The molecule has 1 aliphatic carbocycles. The first-order valence-electron chi connectivity index (χ1n) is 6.62. The lowest BCUT2D eigenvalue weighted by molar-refractivity contribution is 0.0729. The zero-order valence-corrected chi connectivity index (χ0v) is 11.3. The molecule has 1 aliphatic heterocycles. The molecule has 4 nitrogen and oxygen atoms in total. The molecule has 0 spiro atoms. The Labute approximate surface area is 117 Å². The zero-order chi connectivity index (χ0) is 13.4. The number of hydrogen-bond acceptors (Lipinski definition) is 3. The van der Waals surface area contributed by atoms with Crippen molar-refractivity contribution in [2.24, 2.45) is 5.92 Å². The summed E-state index contributed by atoms with van der Waals surface area (Å²) in [5.41, 5.74) is 6.67. The van der Waals surface area contributed by atoms with Crippen molar-refractivity contribution in [3.63, 3.8) is 0 Å². The van der Waals surface area contributed by atoms with Crippen LogP contribution < -0.4 is 11.1 Å². The molecule has 3 rings (SSSR count). The highest BCUT2D eigenvalue weighted by atomic mass is 35.5. The van der Waals surface area contributed by atoms with E-state index >= 15 is 0 Å². The molecule has 102 valence electrons. The minimum absolute atomic E-state index is 0.108. The Hall–Kier alpha value is -1.26. The standard InChI is InChI=1S/C14H17ClN2O2/c15-10-7-9(3-4-11(10)16)14(18)17-12-5-6-19-13(12)8-1-2-8/h3-4,7-8,12-13H,1-2,5-6,16H2,(H,17,18). The molecule has 19 heavy (non-hydrogen) atoms. The number of nitrogen functional groups attached to an aromatic ring is 1. The minimum atomic E-state index is -0.108. The quantitative estimate of drug-likeness (QED) is 0.835. The molecule has 5 heteroatoms. The predicted octanol–water partition coefficient (Wildman–Crippen LogP) is 2.22. The summed E-state index contributed by atoms with van der Waals surface area (Å²) < 4.78 is 5.71. The van der Waals surface area contributed by atoms with Crippen molar-refractivity contribution in [2.45, 2.75) is 31.4 Å². The fourth-order valence-corrected chi connectivity index (χ4v) is 2.76. The van der Waals surface area contributed by atoms with Gasteiger partial charge in [-0.05, 0) is 43.4 Å². The van der Waals surface area contributed by atoms with E-state index in [1.807, 2.05) is 0 Å². The van der Waals surface area contributed by atoms with E-state index in [1.165, 1.54) is 12.8 Å². The van der Waals surface area contributed by atoms with Gasteiger partial charge < -0.3 is 15.8 Å². The number of nitrogens with one attached hydrogen (secondary N) is 1. The van der Waals surface area contributed by atoms with Crippen molar-refractivity contribution in [2.75, 3.05) is 12.3 Å². The maximum atomic E-state index is 12.2. The van der Waals surface area contributed by atoms with Crippen LogP contribution in [0.5, 0.6) is 0 Å². The van der Waals surface area contributed by atoms with E-state index in [1.54, 1.807) is 18.2 Å². The van der Waals surface area contributed by atoms with Gasteiger partial charge in [-0.15, -0.1) is 0 Å². The Balaban J connectivity index is 1.68. The number of hydrogen-bond donors (Lipinski definition) is 2. The van der Waals surface area contributed by atoms with Crippen molar-refractivity contribution in [1.29, 1.82) is 0 Å². The third-order valence-corrected chi connectivity index (χ3v) is 4.13. The lowest BCUT2D eigenvalue weighted by Gasteiger charge is -2.19. The van der Waals surface area contributed by atoms with Crippen molar-refractivity contribution in [3.8, 4) is 0 Å². The number of halogens is 1. The van der Waals surface area contributed by atoms with Crippen molar-refractivity contribution >= 4 is 23.2 Å². The molecule has 0 aromatic heterocycles. The average molecular weight is 281 g/mol. The third kappa shape index (κ3) is 2.69. The average Bonchev–Trinajstić information content (AvgIpc) is 3.13. The Kier molecular flexibility index (Phi) is 3.37. The number of carbonyl (C=O) groups excluding carboxylic acids is 1. The van der Waals surface area contributed by atoms with Crippen LogP contribution >= 0.6 is 11.6 Å². The molecule has 1 saturated heterocycles. The summed E-state index contributed by atoms with van der Waals surface area (Å²) in [6, 6.07) is 5.07. The highest BCUT2D eigenvalue weighted by molar-refractivity contribution is 6.33.